The van der Waals surface area contributed by atoms with Gasteiger partial charge in [0.25, 0.3) is 0 Å². The van der Waals surface area contributed by atoms with Crippen LogP contribution < -0.4 is 0 Å². The van der Waals surface area contributed by atoms with E-state index in [1.165, 1.54) is 4.90 Å². The molecule has 0 saturated heterocycles. The summed E-state index contributed by atoms with van der Waals surface area (Å²) < 4.78 is 38.8. The zero-order chi connectivity index (χ0) is 13.0. The van der Waals surface area contributed by atoms with Gasteiger partial charge in [-0.25, -0.2) is 0 Å². The van der Waals surface area contributed by atoms with Gasteiger partial charge in [-0.05, 0) is 27.2 Å². The van der Waals surface area contributed by atoms with E-state index in [2.05, 4.69) is 0 Å². The van der Waals surface area contributed by atoms with Gasteiger partial charge in [0, 0.05) is 13.1 Å². The highest BCUT2D eigenvalue weighted by molar-refractivity contribution is 5.83. The Hall–Kier alpha value is -0.740. The van der Waals surface area contributed by atoms with E-state index in [1.807, 2.05) is 0 Å². The van der Waals surface area contributed by atoms with Gasteiger partial charge in [-0.15, -0.1) is 0 Å². The molecular weight excluding hydrogens is 219 g/mol. The first kappa shape index (κ1) is 15.3. The normalized spacial score (nSPS) is 15.7. The first-order chi connectivity index (χ1) is 7.24. The molecule has 2 nitrogen and oxygen atoms in total. The van der Waals surface area contributed by atoms with Crippen molar-refractivity contribution in [3.05, 3.63) is 0 Å². The SMILES string of the molecule is CCCC(C)(C(=O)N(CC)CC)C(F)(F)F. The van der Waals surface area contributed by atoms with Gasteiger partial charge in [-0.2, -0.15) is 13.2 Å². The highest BCUT2D eigenvalue weighted by Gasteiger charge is 2.56. The van der Waals surface area contributed by atoms with E-state index in [9.17, 15) is 18.0 Å². The maximum absolute atomic E-state index is 12.9. The number of nitrogens with zero attached hydrogens (tertiary/aromatic N) is 1. The number of carbonyl (C=O) groups is 1. The van der Waals surface area contributed by atoms with Crippen LogP contribution in [-0.2, 0) is 4.79 Å². The van der Waals surface area contributed by atoms with E-state index in [0.29, 0.717) is 19.5 Å². The Labute approximate surface area is 94.8 Å². The number of hydrogen-bond donors (Lipinski definition) is 0. The third kappa shape index (κ3) is 2.89. The Morgan fingerprint density at radius 2 is 1.56 bits per heavy atom. The average molecular weight is 239 g/mol. The molecule has 0 radical (unpaired) electrons. The largest absolute Gasteiger partial charge is 0.402 e. The van der Waals surface area contributed by atoms with Gasteiger partial charge in [-0.3, -0.25) is 4.79 Å². The third-order valence-electron chi connectivity index (χ3n) is 2.90. The van der Waals surface area contributed by atoms with E-state index < -0.39 is 17.5 Å². The molecule has 0 N–H and O–H groups in total. The fourth-order valence-electron chi connectivity index (χ4n) is 1.73. The summed E-state index contributed by atoms with van der Waals surface area (Å²) in [7, 11) is 0. The zero-order valence-electron chi connectivity index (χ0n) is 10.3. The predicted molar refractivity (Wildman–Crippen MR) is 57.0 cm³/mol. The number of rotatable bonds is 5. The molecule has 0 aliphatic rings. The van der Waals surface area contributed by atoms with Gasteiger partial charge in [0.15, 0.2) is 0 Å². The van der Waals surface area contributed by atoms with Crippen molar-refractivity contribution in [2.24, 2.45) is 5.41 Å². The van der Waals surface area contributed by atoms with Gasteiger partial charge in [0.1, 0.15) is 5.41 Å². The molecule has 0 spiro atoms. The topological polar surface area (TPSA) is 20.3 Å². The fraction of sp³-hybridized carbons (Fsp3) is 0.909. The molecule has 0 aromatic rings. The van der Waals surface area contributed by atoms with Gasteiger partial charge in [0.05, 0.1) is 0 Å². The van der Waals surface area contributed by atoms with Crippen molar-refractivity contribution in [2.75, 3.05) is 13.1 Å². The molecule has 96 valence electrons. The van der Waals surface area contributed by atoms with Gasteiger partial charge in [0.2, 0.25) is 5.91 Å². The fourth-order valence-corrected chi connectivity index (χ4v) is 1.73. The molecule has 0 aromatic carbocycles. The Morgan fingerprint density at radius 3 is 1.81 bits per heavy atom. The van der Waals surface area contributed by atoms with Crippen molar-refractivity contribution in [3.63, 3.8) is 0 Å². The van der Waals surface area contributed by atoms with Crippen molar-refractivity contribution in [3.8, 4) is 0 Å². The summed E-state index contributed by atoms with van der Waals surface area (Å²) in [4.78, 5) is 13.1. The highest BCUT2D eigenvalue weighted by atomic mass is 19.4. The molecular formula is C11H20F3NO. The minimum absolute atomic E-state index is 0.161. The van der Waals surface area contributed by atoms with Gasteiger partial charge >= 0.3 is 6.18 Å². The summed E-state index contributed by atoms with van der Waals surface area (Å²) >= 11 is 0. The second-order valence-electron chi connectivity index (χ2n) is 4.06. The van der Waals surface area contributed by atoms with Crippen LogP contribution in [0.15, 0.2) is 0 Å². The van der Waals surface area contributed by atoms with Crippen LogP contribution in [0.4, 0.5) is 13.2 Å². The van der Waals surface area contributed by atoms with E-state index in [1.54, 1.807) is 20.8 Å². The smallest absolute Gasteiger partial charge is 0.342 e. The lowest BCUT2D eigenvalue weighted by atomic mass is 9.83. The lowest BCUT2D eigenvalue weighted by Gasteiger charge is -2.35. The highest BCUT2D eigenvalue weighted by Crippen LogP contribution is 2.43. The average Bonchev–Trinajstić information content (AvgIpc) is 2.18. The van der Waals surface area contributed by atoms with Crippen molar-refractivity contribution in [1.82, 2.24) is 4.90 Å². The first-order valence-electron chi connectivity index (χ1n) is 5.60. The van der Waals surface area contributed by atoms with E-state index in [0.717, 1.165) is 6.92 Å². The van der Waals surface area contributed by atoms with Gasteiger partial charge in [-0.1, -0.05) is 13.3 Å². The van der Waals surface area contributed by atoms with Crippen LogP contribution in [-0.4, -0.2) is 30.1 Å². The Balaban J connectivity index is 5.12. The van der Waals surface area contributed by atoms with Crippen LogP contribution in [0.2, 0.25) is 0 Å². The van der Waals surface area contributed by atoms with Crippen LogP contribution in [0.5, 0.6) is 0 Å². The van der Waals surface area contributed by atoms with Crippen LogP contribution in [0.1, 0.15) is 40.5 Å². The molecule has 1 atom stereocenters. The zero-order valence-corrected chi connectivity index (χ0v) is 10.3. The molecule has 0 aliphatic carbocycles. The maximum atomic E-state index is 12.9. The number of hydrogen-bond acceptors (Lipinski definition) is 1. The molecule has 1 amide bonds. The summed E-state index contributed by atoms with van der Waals surface area (Å²) in [6.45, 7) is 6.64. The monoisotopic (exact) mass is 239 g/mol. The van der Waals surface area contributed by atoms with Crippen molar-refractivity contribution < 1.29 is 18.0 Å². The quantitative estimate of drug-likeness (QED) is 0.721. The van der Waals surface area contributed by atoms with Crippen molar-refractivity contribution in [1.29, 1.82) is 0 Å². The predicted octanol–water partition coefficient (Wildman–Crippen LogP) is 3.22. The second kappa shape index (κ2) is 5.55. The molecule has 0 bridgehead atoms. The van der Waals surface area contributed by atoms with Crippen molar-refractivity contribution in [2.45, 2.75) is 46.7 Å². The van der Waals surface area contributed by atoms with E-state index >= 15 is 0 Å². The Kier molecular flexibility index (Phi) is 5.29. The van der Waals surface area contributed by atoms with E-state index in [-0.39, 0.29) is 6.42 Å². The first-order valence-corrected chi connectivity index (χ1v) is 5.60. The van der Waals surface area contributed by atoms with E-state index in [4.69, 9.17) is 0 Å². The molecule has 0 saturated carbocycles. The number of halogens is 3. The van der Waals surface area contributed by atoms with Crippen LogP contribution >= 0.6 is 0 Å². The summed E-state index contributed by atoms with van der Waals surface area (Å²) in [5, 5.41) is 0. The van der Waals surface area contributed by atoms with Crippen LogP contribution in [0, 0.1) is 5.41 Å². The van der Waals surface area contributed by atoms with Gasteiger partial charge < -0.3 is 4.90 Å². The minimum atomic E-state index is -4.48. The molecule has 0 heterocycles. The summed E-state index contributed by atoms with van der Waals surface area (Å²) in [5.74, 6) is -0.813. The molecule has 0 aliphatic heterocycles. The lowest BCUT2D eigenvalue weighted by Crippen LogP contribution is -2.50. The molecule has 0 rings (SSSR count). The summed E-state index contributed by atoms with van der Waals surface area (Å²) in [6.07, 6.45) is -4.31. The summed E-state index contributed by atoms with van der Waals surface area (Å²) in [5.41, 5.74) is -2.24. The third-order valence-corrected chi connectivity index (χ3v) is 2.90. The molecule has 5 heteroatoms. The Bertz CT molecular complexity index is 236. The Morgan fingerprint density at radius 1 is 1.12 bits per heavy atom. The summed E-state index contributed by atoms with van der Waals surface area (Å²) in [6, 6.07) is 0. The molecule has 0 fully saturated rings. The standard InChI is InChI=1S/C11H20F3NO/c1-5-8-10(4,11(12,13)14)9(16)15(6-2)7-3/h5-8H2,1-4H3. The number of amides is 1. The second-order valence-corrected chi connectivity index (χ2v) is 4.06. The molecule has 0 aromatic heterocycles. The number of carbonyl (C=O) groups excluding carboxylic acids is 1. The van der Waals surface area contributed by atoms with Crippen molar-refractivity contribution >= 4 is 5.91 Å². The van der Waals surface area contributed by atoms with Crippen LogP contribution in [0.3, 0.4) is 0 Å². The molecule has 16 heavy (non-hydrogen) atoms. The lowest BCUT2D eigenvalue weighted by molar-refractivity contribution is -0.224. The maximum Gasteiger partial charge on any atom is 0.402 e. The minimum Gasteiger partial charge on any atom is -0.342 e. The molecule has 1 unspecified atom stereocenters. The number of alkyl halides is 3. The van der Waals surface area contributed by atoms with Crippen LogP contribution in [0.25, 0.3) is 0 Å².